The number of unbranched alkanes of at least 4 members (excludes halogenated alkanes) is 1. The highest BCUT2D eigenvalue weighted by Crippen LogP contribution is 2.09. The second kappa shape index (κ2) is 9.03. The molecular formula is C18H20ClN3O2. The molecule has 2 rings (SSSR count). The Kier molecular flexibility index (Phi) is 6.75. The Bertz CT molecular complexity index is 702. The van der Waals surface area contributed by atoms with Crippen LogP contribution in [0.25, 0.3) is 0 Å². The first-order chi connectivity index (χ1) is 11.6. The van der Waals surface area contributed by atoms with Crippen LogP contribution in [0.15, 0.2) is 42.5 Å². The first kappa shape index (κ1) is 17.9. The SMILES string of the molecule is CCCCNC(=O)c1cccc(C(=O)NCc2ccc(Cl)cc2)n1. The van der Waals surface area contributed by atoms with Gasteiger partial charge in [0.05, 0.1) is 0 Å². The van der Waals surface area contributed by atoms with Crippen LogP contribution < -0.4 is 10.6 Å². The highest BCUT2D eigenvalue weighted by Gasteiger charge is 2.11. The minimum Gasteiger partial charge on any atom is -0.351 e. The molecule has 0 bridgehead atoms. The Hall–Kier alpha value is -2.40. The van der Waals surface area contributed by atoms with Crippen LogP contribution >= 0.6 is 11.6 Å². The predicted octanol–water partition coefficient (Wildman–Crippen LogP) is 3.19. The summed E-state index contributed by atoms with van der Waals surface area (Å²) in [7, 11) is 0. The number of hydrogen-bond donors (Lipinski definition) is 2. The molecule has 0 unspecified atom stereocenters. The van der Waals surface area contributed by atoms with Gasteiger partial charge in [-0.25, -0.2) is 4.98 Å². The maximum Gasteiger partial charge on any atom is 0.270 e. The Balaban J connectivity index is 1.95. The van der Waals surface area contributed by atoms with Crippen LogP contribution in [0.3, 0.4) is 0 Å². The van der Waals surface area contributed by atoms with Gasteiger partial charge in [0.1, 0.15) is 11.4 Å². The largest absolute Gasteiger partial charge is 0.351 e. The lowest BCUT2D eigenvalue weighted by Crippen LogP contribution is -2.28. The third-order valence-electron chi connectivity index (χ3n) is 3.40. The number of benzene rings is 1. The summed E-state index contributed by atoms with van der Waals surface area (Å²) < 4.78 is 0. The zero-order valence-corrected chi connectivity index (χ0v) is 14.3. The fraction of sp³-hybridized carbons (Fsp3) is 0.278. The molecule has 0 spiro atoms. The van der Waals surface area contributed by atoms with Crippen molar-refractivity contribution >= 4 is 23.4 Å². The molecular weight excluding hydrogens is 326 g/mol. The lowest BCUT2D eigenvalue weighted by Gasteiger charge is -2.07. The molecule has 2 N–H and O–H groups in total. The average Bonchev–Trinajstić information content (AvgIpc) is 2.61. The molecule has 126 valence electrons. The van der Waals surface area contributed by atoms with Crippen molar-refractivity contribution in [1.29, 1.82) is 0 Å². The number of amides is 2. The van der Waals surface area contributed by atoms with Crippen LogP contribution in [0.5, 0.6) is 0 Å². The summed E-state index contributed by atoms with van der Waals surface area (Å²) in [6.45, 7) is 3.02. The van der Waals surface area contributed by atoms with E-state index in [4.69, 9.17) is 11.6 Å². The smallest absolute Gasteiger partial charge is 0.270 e. The van der Waals surface area contributed by atoms with Gasteiger partial charge < -0.3 is 10.6 Å². The van der Waals surface area contributed by atoms with Crippen molar-refractivity contribution in [2.45, 2.75) is 26.3 Å². The molecule has 0 aliphatic carbocycles. The van der Waals surface area contributed by atoms with Gasteiger partial charge in [-0.15, -0.1) is 0 Å². The highest BCUT2D eigenvalue weighted by molar-refractivity contribution is 6.30. The van der Waals surface area contributed by atoms with Crippen molar-refractivity contribution in [1.82, 2.24) is 15.6 Å². The van der Waals surface area contributed by atoms with E-state index in [1.54, 1.807) is 30.3 Å². The number of carbonyl (C=O) groups excluding carboxylic acids is 2. The summed E-state index contributed by atoms with van der Waals surface area (Å²) in [6, 6.07) is 12.0. The van der Waals surface area contributed by atoms with E-state index in [0.29, 0.717) is 18.1 Å². The fourth-order valence-electron chi connectivity index (χ4n) is 2.03. The molecule has 6 heteroatoms. The lowest BCUT2D eigenvalue weighted by atomic mass is 10.2. The Morgan fingerprint density at radius 1 is 1.00 bits per heavy atom. The number of nitrogens with zero attached hydrogens (tertiary/aromatic N) is 1. The van der Waals surface area contributed by atoms with Crippen LogP contribution in [0, 0.1) is 0 Å². The molecule has 2 amide bonds. The summed E-state index contributed by atoms with van der Waals surface area (Å²) in [5, 5.41) is 6.21. The molecule has 0 radical (unpaired) electrons. The molecule has 0 saturated heterocycles. The minimum absolute atomic E-state index is 0.215. The standard InChI is InChI=1S/C18H20ClN3O2/c1-2-3-11-20-17(23)15-5-4-6-16(22-15)18(24)21-12-13-7-9-14(19)10-8-13/h4-10H,2-3,11-12H2,1H3,(H,20,23)(H,21,24). The van der Waals surface area contributed by atoms with Crippen molar-refractivity contribution < 1.29 is 9.59 Å². The van der Waals surface area contributed by atoms with E-state index in [2.05, 4.69) is 22.5 Å². The molecule has 1 heterocycles. The third kappa shape index (κ3) is 5.35. The summed E-state index contributed by atoms with van der Waals surface area (Å²) in [5.74, 6) is -0.594. The van der Waals surface area contributed by atoms with Crippen LogP contribution in [0.4, 0.5) is 0 Å². The Morgan fingerprint density at radius 2 is 1.62 bits per heavy atom. The average molecular weight is 346 g/mol. The van der Waals surface area contributed by atoms with Crippen molar-refractivity contribution in [2.75, 3.05) is 6.54 Å². The second-order valence-electron chi connectivity index (χ2n) is 5.33. The van der Waals surface area contributed by atoms with E-state index in [9.17, 15) is 9.59 Å². The van der Waals surface area contributed by atoms with E-state index in [-0.39, 0.29) is 23.2 Å². The monoisotopic (exact) mass is 345 g/mol. The van der Waals surface area contributed by atoms with E-state index in [1.165, 1.54) is 0 Å². The maximum atomic E-state index is 12.2. The van der Waals surface area contributed by atoms with E-state index >= 15 is 0 Å². The maximum absolute atomic E-state index is 12.2. The number of carbonyl (C=O) groups is 2. The number of pyridine rings is 1. The molecule has 0 aliphatic heterocycles. The lowest BCUT2D eigenvalue weighted by molar-refractivity contribution is 0.0942. The van der Waals surface area contributed by atoms with Crippen LogP contribution in [0.1, 0.15) is 46.3 Å². The minimum atomic E-state index is -0.326. The zero-order valence-electron chi connectivity index (χ0n) is 13.5. The fourth-order valence-corrected chi connectivity index (χ4v) is 2.16. The molecule has 24 heavy (non-hydrogen) atoms. The van der Waals surface area contributed by atoms with Gasteiger partial charge in [0, 0.05) is 18.1 Å². The first-order valence-electron chi connectivity index (χ1n) is 7.88. The predicted molar refractivity (Wildman–Crippen MR) is 94.1 cm³/mol. The first-order valence-corrected chi connectivity index (χ1v) is 8.26. The number of hydrogen-bond acceptors (Lipinski definition) is 3. The summed E-state index contributed by atoms with van der Waals surface area (Å²) in [4.78, 5) is 28.3. The van der Waals surface area contributed by atoms with Crippen molar-refractivity contribution in [3.05, 3.63) is 64.4 Å². The molecule has 5 nitrogen and oxygen atoms in total. The van der Waals surface area contributed by atoms with Gasteiger partial charge in [-0.1, -0.05) is 43.1 Å². The normalized spacial score (nSPS) is 10.2. The van der Waals surface area contributed by atoms with Crippen LogP contribution in [-0.4, -0.2) is 23.3 Å². The Labute approximate surface area is 146 Å². The van der Waals surface area contributed by atoms with Gasteiger partial charge >= 0.3 is 0 Å². The van der Waals surface area contributed by atoms with Crippen molar-refractivity contribution in [2.24, 2.45) is 0 Å². The second-order valence-corrected chi connectivity index (χ2v) is 5.76. The molecule has 2 aromatic rings. The number of halogens is 1. The number of rotatable bonds is 7. The Morgan fingerprint density at radius 3 is 2.25 bits per heavy atom. The van der Waals surface area contributed by atoms with Gasteiger partial charge in [0.2, 0.25) is 0 Å². The van der Waals surface area contributed by atoms with Gasteiger partial charge in [0.25, 0.3) is 11.8 Å². The van der Waals surface area contributed by atoms with Gasteiger partial charge in [-0.2, -0.15) is 0 Å². The van der Waals surface area contributed by atoms with Crippen LogP contribution in [-0.2, 0) is 6.54 Å². The van der Waals surface area contributed by atoms with Gasteiger partial charge in [-0.05, 0) is 36.2 Å². The van der Waals surface area contributed by atoms with Crippen molar-refractivity contribution in [3.8, 4) is 0 Å². The van der Waals surface area contributed by atoms with Gasteiger partial charge in [-0.3, -0.25) is 9.59 Å². The van der Waals surface area contributed by atoms with E-state index in [0.717, 1.165) is 18.4 Å². The van der Waals surface area contributed by atoms with E-state index in [1.807, 2.05) is 12.1 Å². The summed E-state index contributed by atoms with van der Waals surface area (Å²) in [6.07, 6.45) is 1.91. The molecule has 1 aromatic heterocycles. The van der Waals surface area contributed by atoms with Crippen molar-refractivity contribution in [3.63, 3.8) is 0 Å². The molecule has 1 aromatic carbocycles. The molecule has 0 aliphatic rings. The van der Waals surface area contributed by atoms with E-state index < -0.39 is 0 Å². The molecule has 0 fully saturated rings. The zero-order chi connectivity index (χ0) is 17.4. The van der Waals surface area contributed by atoms with Gasteiger partial charge in [0.15, 0.2) is 0 Å². The number of aromatic nitrogens is 1. The number of nitrogens with one attached hydrogen (secondary N) is 2. The molecule has 0 saturated carbocycles. The molecule has 0 atom stereocenters. The highest BCUT2D eigenvalue weighted by atomic mass is 35.5. The quantitative estimate of drug-likeness (QED) is 0.757. The summed E-state index contributed by atoms with van der Waals surface area (Å²) in [5.41, 5.74) is 1.39. The van der Waals surface area contributed by atoms with Crippen LogP contribution in [0.2, 0.25) is 5.02 Å². The summed E-state index contributed by atoms with van der Waals surface area (Å²) >= 11 is 5.83. The third-order valence-corrected chi connectivity index (χ3v) is 3.65. The topological polar surface area (TPSA) is 71.1 Å².